The number of aryl methyl sites for hydroxylation is 1. The van der Waals surface area contributed by atoms with Gasteiger partial charge < -0.3 is 39.4 Å². The van der Waals surface area contributed by atoms with E-state index < -0.39 is 11.3 Å². The van der Waals surface area contributed by atoms with Crippen molar-refractivity contribution in [2.45, 2.75) is 25.9 Å². The Kier molecular flexibility index (Phi) is 8.77. The fraction of sp³-hybridized carbons (Fsp3) is 0.458. The minimum Gasteiger partial charge on any atom is -0.481 e. The first-order valence-corrected chi connectivity index (χ1v) is 12.3. The number of halogens is 3. The van der Waals surface area contributed by atoms with E-state index in [1.165, 1.54) is 18.3 Å². The lowest BCUT2D eigenvalue weighted by atomic mass is 10.2. The van der Waals surface area contributed by atoms with E-state index in [-0.39, 0.29) is 17.6 Å². The summed E-state index contributed by atoms with van der Waals surface area (Å²) in [5.74, 6) is 0.774. The van der Waals surface area contributed by atoms with Gasteiger partial charge >= 0.3 is 18.2 Å². The molecule has 1 fully saturated rings. The van der Waals surface area contributed by atoms with E-state index in [1.807, 2.05) is 14.0 Å². The average molecular weight is 567 g/mol. The third kappa shape index (κ3) is 7.19. The van der Waals surface area contributed by atoms with Gasteiger partial charge in [-0.3, -0.25) is 4.57 Å². The van der Waals surface area contributed by atoms with Crippen LogP contribution in [0.1, 0.15) is 5.56 Å². The number of methoxy groups -OCH3 is 1. The highest BCUT2D eigenvalue weighted by atomic mass is 19.4. The van der Waals surface area contributed by atoms with Crippen molar-refractivity contribution in [2.24, 2.45) is 0 Å². The standard InChI is InChI=1S/C17H19F3N4O2.C7H10N4O3/c1-12-11-21-16(22-15(12)25-2)24-9-7-23(8-10-24)13-3-5-14(6-4-13)26-17(18,19)20;1-8-5-2-10-3-6(11(12)13)9-7(10)14-4-5/h3-6,11H,7-10H2,1-2H3;3,5,8H,2,4H2,1H3. The molecule has 2 aliphatic heterocycles. The van der Waals surface area contributed by atoms with E-state index in [2.05, 4.69) is 34.8 Å². The van der Waals surface area contributed by atoms with Gasteiger partial charge in [0.25, 0.3) is 0 Å². The number of nitro groups is 1. The first-order chi connectivity index (χ1) is 19.1. The van der Waals surface area contributed by atoms with Gasteiger partial charge in [0.2, 0.25) is 11.8 Å². The van der Waals surface area contributed by atoms with Crippen molar-refractivity contribution >= 4 is 17.5 Å². The molecule has 3 aromatic rings. The van der Waals surface area contributed by atoms with Crippen LogP contribution in [-0.2, 0) is 6.54 Å². The molecule has 13 nitrogen and oxygen atoms in total. The van der Waals surface area contributed by atoms with Crippen molar-refractivity contribution in [3.05, 3.63) is 52.3 Å². The molecule has 16 heteroatoms. The summed E-state index contributed by atoms with van der Waals surface area (Å²) in [6, 6.07) is 6.40. The molecule has 5 rings (SSSR count). The van der Waals surface area contributed by atoms with Gasteiger partial charge in [-0.1, -0.05) is 0 Å². The number of hydrogen-bond donors (Lipinski definition) is 1. The summed E-state index contributed by atoms with van der Waals surface area (Å²) in [5, 5.41) is 13.5. The molecule has 1 atom stereocenters. The Hall–Kier alpha value is -4.34. The van der Waals surface area contributed by atoms with Gasteiger partial charge in [0.05, 0.1) is 13.2 Å². The molecule has 2 aromatic heterocycles. The monoisotopic (exact) mass is 566 g/mol. The molecule has 0 spiro atoms. The molecule has 0 aliphatic carbocycles. The lowest BCUT2D eigenvalue weighted by Crippen LogP contribution is -2.47. The number of benzene rings is 1. The van der Waals surface area contributed by atoms with Crippen molar-refractivity contribution in [3.63, 3.8) is 0 Å². The maximum Gasteiger partial charge on any atom is 0.573 e. The van der Waals surface area contributed by atoms with Crippen LogP contribution in [0.5, 0.6) is 17.6 Å². The Morgan fingerprint density at radius 2 is 1.80 bits per heavy atom. The van der Waals surface area contributed by atoms with Gasteiger partial charge in [-0.2, -0.15) is 4.98 Å². The number of imidazole rings is 1. The fourth-order valence-electron chi connectivity index (χ4n) is 4.16. The minimum absolute atomic E-state index is 0.170. The van der Waals surface area contributed by atoms with Gasteiger partial charge in [-0.15, -0.1) is 13.2 Å². The fourth-order valence-corrected chi connectivity index (χ4v) is 4.16. The summed E-state index contributed by atoms with van der Waals surface area (Å²) in [4.78, 5) is 26.5. The van der Waals surface area contributed by atoms with Gasteiger partial charge in [0.15, 0.2) is 0 Å². The number of nitrogens with one attached hydrogen (secondary N) is 1. The van der Waals surface area contributed by atoms with Crippen LogP contribution >= 0.6 is 0 Å². The zero-order chi connectivity index (χ0) is 28.9. The quantitative estimate of drug-likeness (QED) is 0.349. The van der Waals surface area contributed by atoms with E-state index in [0.717, 1.165) is 11.3 Å². The highest BCUT2D eigenvalue weighted by Gasteiger charge is 2.31. The summed E-state index contributed by atoms with van der Waals surface area (Å²) in [7, 11) is 3.40. The molecule has 1 N–H and O–H groups in total. The highest BCUT2D eigenvalue weighted by Crippen LogP contribution is 2.27. The minimum atomic E-state index is -4.68. The molecule has 0 saturated carbocycles. The number of ether oxygens (including phenoxy) is 3. The zero-order valence-corrected chi connectivity index (χ0v) is 22.1. The number of likely N-dealkylation sites (N-methyl/N-ethyl adjacent to an activating group) is 1. The maximum absolute atomic E-state index is 12.2. The number of anilines is 2. The van der Waals surface area contributed by atoms with Crippen molar-refractivity contribution in [3.8, 4) is 17.6 Å². The van der Waals surface area contributed by atoms with Crippen LogP contribution in [0.4, 0.5) is 30.6 Å². The zero-order valence-electron chi connectivity index (χ0n) is 22.1. The van der Waals surface area contributed by atoms with E-state index in [4.69, 9.17) is 9.47 Å². The molecule has 40 heavy (non-hydrogen) atoms. The smallest absolute Gasteiger partial charge is 0.481 e. The third-order valence-corrected chi connectivity index (χ3v) is 6.26. The lowest BCUT2D eigenvalue weighted by Gasteiger charge is -2.36. The second-order valence-corrected chi connectivity index (χ2v) is 8.97. The van der Waals surface area contributed by atoms with Crippen LogP contribution in [0.3, 0.4) is 0 Å². The van der Waals surface area contributed by atoms with E-state index in [0.29, 0.717) is 57.2 Å². The molecule has 0 amide bonds. The van der Waals surface area contributed by atoms with E-state index in [1.54, 1.807) is 30.0 Å². The van der Waals surface area contributed by atoms with Crippen molar-refractivity contribution < 1.29 is 32.3 Å². The maximum atomic E-state index is 12.2. The van der Waals surface area contributed by atoms with Crippen LogP contribution in [0.2, 0.25) is 0 Å². The molecule has 1 aromatic carbocycles. The highest BCUT2D eigenvalue weighted by molar-refractivity contribution is 5.51. The van der Waals surface area contributed by atoms with E-state index >= 15 is 0 Å². The van der Waals surface area contributed by atoms with Crippen LogP contribution in [0.15, 0.2) is 36.7 Å². The summed E-state index contributed by atoms with van der Waals surface area (Å²) in [6.45, 7) is 5.84. The number of rotatable bonds is 6. The van der Waals surface area contributed by atoms with Crippen molar-refractivity contribution in [2.75, 3.05) is 56.7 Å². The summed E-state index contributed by atoms with van der Waals surface area (Å²) < 4.78 is 52.7. The van der Waals surface area contributed by atoms with Crippen molar-refractivity contribution in [1.82, 2.24) is 24.8 Å². The Bertz CT molecular complexity index is 1300. The summed E-state index contributed by atoms with van der Waals surface area (Å²) in [6.07, 6.45) is -1.56. The number of hydrogen-bond acceptors (Lipinski definition) is 11. The Labute approximate surface area is 227 Å². The number of aromatic nitrogens is 4. The second kappa shape index (κ2) is 12.2. The molecule has 1 saturated heterocycles. The predicted octanol–water partition coefficient (Wildman–Crippen LogP) is 2.79. The molecule has 0 radical (unpaired) electrons. The molecule has 4 heterocycles. The summed E-state index contributed by atoms with van der Waals surface area (Å²) >= 11 is 0. The molecule has 2 aliphatic rings. The first-order valence-electron chi connectivity index (χ1n) is 12.3. The van der Waals surface area contributed by atoms with Crippen LogP contribution in [-0.4, -0.2) is 83.8 Å². The molecular weight excluding hydrogens is 537 g/mol. The van der Waals surface area contributed by atoms with Crippen molar-refractivity contribution in [1.29, 1.82) is 0 Å². The normalized spacial score (nSPS) is 16.8. The van der Waals surface area contributed by atoms with Crippen LogP contribution in [0, 0.1) is 17.0 Å². The number of nitrogens with zero attached hydrogens (tertiary/aromatic N) is 7. The van der Waals surface area contributed by atoms with Crippen LogP contribution in [0.25, 0.3) is 0 Å². The predicted molar refractivity (Wildman–Crippen MR) is 138 cm³/mol. The van der Waals surface area contributed by atoms with Gasteiger partial charge in [0.1, 0.15) is 18.6 Å². The van der Waals surface area contributed by atoms with Gasteiger partial charge in [-0.25, -0.2) is 4.98 Å². The Balaban J connectivity index is 0.000000222. The number of fused-ring (bicyclic) bond motifs is 1. The van der Waals surface area contributed by atoms with Crippen LogP contribution < -0.4 is 29.3 Å². The summed E-state index contributed by atoms with van der Waals surface area (Å²) in [5.41, 5.74) is 1.72. The topological polar surface area (TPSA) is 133 Å². The van der Waals surface area contributed by atoms with Gasteiger partial charge in [0, 0.05) is 55.2 Å². The molecule has 216 valence electrons. The lowest BCUT2D eigenvalue weighted by molar-refractivity contribution is -0.389. The average Bonchev–Trinajstić information content (AvgIpc) is 3.37. The second-order valence-electron chi connectivity index (χ2n) is 8.97. The molecule has 0 bridgehead atoms. The Morgan fingerprint density at radius 1 is 1.12 bits per heavy atom. The van der Waals surface area contributed by atoms with Gasteiger partial charge in [-0.05, 0) is 43.2 Å². The SMILES string of the molecule is CNC1COc2nc([N+](=O)[O-])cn2C1.COc1nc(N2CCN(c3ccc(OC(F)(F)F)cc3)CC2)ncc1C. The third-order valence-electron chi connectivity index (χ3n) is 6.26. The largest absolute Gasteiger partial charge is 0.573 e. The Morgan fingerprint density at radius 3 is 2.40 bits per heavy atom. The number of alkyl halides is 3. The number of piperazine rings is 1. The van der Waals surface area contributed by atoms with E-state index in [9.17, 15) is 23.3 Å². The molecular formula is C24H29F3N8O5. The first kappa shape index (κ1) is 28.7. The molecule has 1 unspecified atom stereocenters.